The van der Waals surface area contributed by atoms with Gasteiger partial charge in [0.1, 0.15) is 11.6 Å². The summed E-state index contributed by atoms with van der Waals surface area (Å²) in [6, 6.07) is 4.96. The van der Waals surface area contributed by atoms with Crippen LogP contribution in [0.1, 0.15) is 6.92 Å². The summed E-state index contributed by atoms with van der Waals surface area (Å²) in [5, 5.41) is 6.12. The van der Waals surface area contributed by atoms with E-state index in [4.69, 9.17) is 4.98 Å². The molecule has 4 rings (SSSR count). The molecule has 5 nitrogen and oxygen atoms in total. The van der Waals surface area contributed by atoms with Crippen LogP contribution in [0, 0.1) is 5.82 Å². The van der Waals surface area contributed by atoms with Crippen molar-refractivity contribution >= 4 is 16.6 Å². The maximum absolute atomic E-state index is 14.0. The first-order chi connectivity index (χ1) is 12.2. The fourth-order valence-electron chi connectivity index (χ4n) is 3.52. The Bertz CT molecular complexity index is 896. The first-order valence-corrected chi connectivity index (χ1v) is 8.70. The van der Waals surface area contributed by atoms with Crippen LogP contribution in [-0.2, 0) is 7.05 Å². The molecule has 1 aromatic carbocycles. The van der Waals surface area contributed by atoms with Gasteiger partial charge in [0, 0.05) is 62.1 Å². The normalized spacial score (nSPS) is 15.9. The maximum atomic E-state index is 14.0. The molecular formula is C19H22FN5. The van der Waals surface area contributed by atoms with E-state index in [2.05, 4.69) is 21.8 Å². The predicted octanol–water partition coefficient (Wildman–Crippen LogP) is 2.92. The zero-order valence-corrected chi connectivity index (χ0v) is 14.6. The molecule has 130 valence electrons. The molecule has 0 N–H and O–H groups in total. The molecule has 0 amide bonds. The van der Waals surface area contributed by atoms with E-state index in [9.17, 15) is 4.39 Å². The van der Waals surface area contributed by atoms with Gasteiger partial charge in [0.25, 0.3) is 0 Å². The number of rotatable bonds is 3. The van der Waals surface area contributed by atoms with E-state index in [1.54, 1.807) is 10.7 Å². The van der Waals surface area contributed by atoms with Gasteiger partial charge in [-0.1, -0.05) is 13.0 Å². The number of aryl methyl sites for hydroxylation is 1. The lowest BCUT2D eigenvalue weighted by molar-refractivity contribution is 0.271. The molecule has 1 aliphatic rings. The molecule has 0 aliphatic carbocycles. The summed E-state index contributed by atoms with van der Waals surface area (Å²) in [7, 11) is 1.89. The van der Waals surface area contributed by atoms with Gasteiger partial charge in [-0.2, -0.15) is 5.10 Å². The van der Waals surface area contributed by atoms with Crippen LogP contribution in [0.5, 0.6) is 0 Å². The topological polar surface area (TPSA) is 37.2 Å². The van der Waals surface area contributed by atoms with E-state index in [1.807, 2.05) is 31.7 Å². The monoisotopic (exact) mass is 339 g/mol. The third-order valence-corrected chi connectivity index (χ3v) is 4.96. The highest BCUT2D eigenvalue weighted by molar-refractivity contribution is 6.01. The molecule has 1 saturated heterocycles. The van der Waals surface area contributed by atoms with Crippen molar-refractivity contribution in [3.8, 4) is 11.1 Å². The zero-order chi connectivity index (χ0) is 17.4. The highest BCUT2D eigenvalue weighted by Crippen LogP contribution is 2.33. The average molecular weight is 339 g/mol. The number of benzene rings is 1. The number of aromatic nitrogens is 3. The minimum absolute atomic E-state index is 0.230. The van der Waals surface area contributed by atoms with Crippen LogP contribution in [-0.4, -0.2) is 52.4 Å². The number of halogens is 1. The van der Waals surface area contributed by atoms with Crippen LogP contribution in [0.25, 0.3) is 21.9 Å². The highest BCUT2D eigenvalue weighted by Gasteiger charge is 2.20. The quantitative estimate of drug-likeness (QED) is 0.735. The van der Waals surface area contributed by atoms with Crippen LogP contribution in [0.4, 0.5) is 10.2 Å². The molecule has 3 heterocycles. The largest absolute Gasteiger partial charge is 0.354 e. The smallest absolute Gasteiger partial charge is 0.136 e. The Hall–Kier alpha value is -2.47. The molecule has 0 radical (unpaired) electrons. The summed E-state index contributed by atoms with van der Waals surface area (Å²) >= 11 is 0. The number of likely N-dealkylation sites (N-methyl/N-ethyl adjacent to an activating group) is 1. The first kappa shape index (κ1) is 16.0. The van der Waals surface area contributed by atoms with Crippen molar-refractivity contribution in [2.75, 3.05) is 37.6 Å². The van der Waals surface area contributed by atoms with Gasteiger partial charge in [-0.15, -0.1) is 0 Å². The van der Waals surface area contributed by atoms with E-state index in [0.717, 1.165) is 60.4 Å². The number of hydrogen-bond acceptors (Lipinski definition) is 4. The standard InChI is InChI=1S/C19H22FN5/c1-3-24-6-8-25(9-7-24)19-17-10-15(20)4-5-16(17)18(12-21-19)14-11-22-23(2)13-14/h4-5,10-13H,3,6-9H2,1-2H3. The van der Waals surface area contributed by atoms with Gasteiger partial charge >= 0.3 is 0 Å². The SMILES string of the molecule is CCN1CCN(c2ncc(-c3cnn(C)c3)c3ccc(F)cc23)CC1. The molecule has 0 bridgehead atoms. The van der Waals surface area contributed by atoms with E-state index in [-0.39, 0.29) is 5.82 Å². The number of anilines is 1. The van der Waals surface area contributed by atoms with Crippen molar-refractivity contribution in [2.45, 2.75) is 6.92 Å². The van der Waals surface area contributed by atoms with Crippen LogP contribution >= 0.6 is 0 Å². The molecular weight excluding hydrogens is 317 g/mol. The molecule has 0 spiro atoms. The Balaban J connectivity index is 1.80. The third kappa shape index (κ3) is 2.98. The fraction of sp³-hybridized carbons (Fsp3) is 0.368. The van der Waals surface area contributed by atoms with Crippen molar-refractivity contribution in [3.05, 3.63) is 42.6 Å². The number of hydrogen-bond donors (Lipinski definition) is 0. The Morgan fingerprint density at radius 2 is 1.88 bits per heavy atom. The second-order valence-corrected chi connectivity index (χ2v) is 6.51. The van der Waals surface area contributed by atoms with Crippen molar-refractivity contribution in [1.82, 2.24) is 19.7 Å². The Labute approximate surface area is 146 Å². The second-order valence-electron chi connectivity index (χ2n) is 6.51. The summed E-state index contributed by atoms with van der Waals surface area (Å²) in [5.41, 5.74) is 1.98. The van der Waals surface area contributed by atoms with Crippen molar-refractivity contribution in [3.63, 3.8) is 0 Å². The van der Waals surface area contributed by atoms with Gasteiger partial charge in [-0.3, -0.25) is 4.68 Å². The molecule has 1 fully saturated rings. The van der Waals surface area contributed by atoms with E-state index in [1.165, 1.54) is 6.07 Å². The lowest BCUT2D eigenvalue weighted by Crippen LogP contribution is -2.46. The van der Waals surface area contributed by atoms with Gasteiger partial charge in [-0.25, -0.2) is 9.37 Å². The van der Waals surface area contributed by atoms with E-state index in [0.29, 0.717) is 0 Å². The third-order valence-electron chi connectivity index (χ3n) is 4.96. The summed E-state index contributed by atoms with van der Waals surface area (Å²) in [5.74, 6) is 0.643. The second kappa shape index (κ2) is 6.44. The van der Waals surface area contributed by atoms with Crippen molar-refractivity contribution in [2.24, 2.45) is 7.05 Å². The van der Waals surface area contributed by atoms with Gasteiger partial charge in [0.2, 0.25) is 0 Å². The Kier molecular flexibility index (Phi) is 4.13. The Morgan fingerprint density at radius 3 is 2.56 bits per heavy atom. The first-order valence-electron chi connectivity index (χ1n) is 8.70. The van der Waals surface area contributed by atoms with Crippen LogP contribution in [0.15, 0.2) is 36.8 Å². The van der Waals surface area contributed by atoms with Gasteiger partial charge in [0.15, 0.2) is 0 Å². The number of nitrogens with zero attached hydrogens (tertiary/aromatic N) is 5. The predicted molar refractivity (Wildman–Crippen MR) is 98.2 cm³/mol. The lowest BCUT2D eigenvalue weighted by Gasteiger charge is -2.35. The minimum atomic E-state index is -0.230. The number of pyridine rings is 1. The van der Waals surface area contributed by atoms with Crippen LogP contribution in [0.2, 0.25) is 0 Å². The summed E-state index contributed by atoms with van der Waals surface area (Å²) in [6.45, 7) is 7.11. The average Bonchev–Trinajstić information content (AvgIpc) is 3.07. The number of piperazine rings is 1. The van der Waals surface area contributed by atoms with E-state index < -0.39 is 0 Å². The van der Waals surface area contributed by atoms with Gasteiger partial charge in [0.05, 0.1) is 6.20 Å². The maximum Gasteiger partial charge on any atom is 0.136 e. The summed E-state index contributed by atoms with van der Waals surface area (Å²) in [6.07, 6.45) is 5.66. The van der Waals surface area contributed by atoms with Crippen LogP contribution in [0.3, 0.4) is 0 Å². The molecule has 25 heavy (non-hydrogen) atoms. The molecule has 0 atom stereocenters. The molecule has 2 aromatic heterocycles. The van der Waals surface area contributed by atoms with Crippen LogP contribution < -0.4 is 4.90 Å². The lowest BCUT2D eigenvalue weighted by atomic mass is 10.0. The fourth-order valence-corrected chi connectivity index (χ4v) is 3.52. The van der Waals surface area contributed by atoms with E-state index >= 15 is 0 Å². The van der Waals surface area contributed by atoms with Gasteiger partial charge < -0.3 is 9.80 Å². The van der Waals surface area contributed by atoms with Crippen molar-refractivity contribution in [1.29, 1.82) is 0 Å². The highest BCUT2D eigenvalue weighted by atomic mass is 19.1. The molecule has 1 aliphatic heterocycles. The molecule has 0 saturated carbocycles. The molecule has 3 aromatic rings. The summed E-state index contributed by atoms with van der Waals surface area (Å²) in [4.78, 5) is 9.40. The zero-order valence-electron chi connectivity index (χ0n) is 14.6. The molecule has 6 heteroatoms. The van der Waals surface area contributed by atoms with Gasteiger partial charge in [-0.05, 0) is 24.1 Å². The number of fused-ring (bicyclic) bond motifs is 1. The van der Waals surface area contributed by atoms with Crippen molar-refractivity contribution < 1.29 is 4.39 Å². The Morgan fingerprint density at radius 1 is 1.08 bits per heavy atom. The summed E-state index contributed by atoms with van der Waals surface area (Å²) < 4.78 is 15.7. The molecule has 0 unspecified atom stereocenters. The minimum Gasteiger partial charge on any atom is -0.354 e.